The molecule has 1 aliphatic rings. The van der Waals surface area contributed by atoms with E-state index in [0.717, 1.165) is 23.6 Å². The lowest BCUT2D eigenvalue weighted by Gasteiger charge is -2.28. The van der Waals surface area contributed by atoms with Gasteiger partial charge in [-0.15, -0.1) is 12.4 Å². The molecule has 0 saturated carbocycles. The summed E-state index contributed by atoms with van der Waals surface area (Å²) in [5.41, 5.74) is 0. The predicted molar refractivity (Wildman–Crippen MR) is 76.3 cm³/mol. The van der Waals surface area contributed by atoms with Crippen molar-refractivity contribution in [3.8, 4) is 0 Å². The molecule has 2 N–H and O–H groups in total. The van der Waals surface area contributed by atoms with Crippen molar-refractivity contribution in [2.75, 3.05) is 6.54 Å². The van der Waals surface area contributed by atoms with Crippen LogP contribution in [0.4, 0.5) is 8.78 Å². The Morgan fingerprint density at radius 1 is 1.57 bits per heavy atom. The third kappa shape index (κ3) is 5.17. The molecule has 1 aromatic heterocycles. The van der Waals surface area contributed by atoms with Gasteiger partial charge in [-0.25, -0.2) is 21.9 Å². The van der Waals surface area contributed by atoms with Crippen molar-refractivity contribution in [3.63, 3.8) is 0 Å². The Labute approximate surface area is 128 Å². The molecule has 0 spiro atoms. The molecular formula is C11H19ClF2N4O2S. The lowest BCUT2D eigenvalue weighted by molar-refractivity contribution is 0.121. The van der Waals surface area contributed by atoms with Crippen molar-refractivity contribution in [3.05, 3.63) is 12.4 Å². The summed E-state index contributed by atoms with van der Waals surface area (Å²) < 4.78 is 52.2. The van der Waals surface area contributed by atoms with Gasteiger partial charge in [0, 0.05) is 18.3 Å². The van der Waals surface area contributed by atoms with E-state index < -0.39 is 23.0 Å². The lowest BCUT2D eigenvalue weighted by atomic mass is 10.0. The standard InChI is InChI=1S/C11H18F2N4O2S.ClH/c1-8-4-9(2-3-14-8)16-20(18,19)10-5-15-17(6-10)7-11(12)13;/h5-6,8-9,11,14,16H,2-4,7H2,1H3;1H. The summed E-state index contributed by atoms with van der Waals surface area (Å²) in [7, 11) is -3.70. The molecule has 122 valence electrons. The first-order valence-corrected chi connectivity index (χ1v) is 7.91. The highest BCUT2D eigenvalue weighted by atomic mass is 35.5. The molecule has 10 heteroatoms. The fourth-order valence-corrected chi connectivity index (χ4v) is 3.49. The quantitative estimate of drug-likeness (QED) is 0.835. The first-order chi connectivity index (χ1) is 9.37. The lowest BCUT2D eigenvalue weighted by Crippen LogP contribution is -2.46. The van der Waals surface area contributed by atoms with E-state index in [0.29, 0.717) is 12.8 Å². The predicted octanol–water partition coefficient (Wildman–Crippen LogP) is 0.989. The van der Waals surface area contributed by atoms with Gasteiger partial charge in [0.15, 0.2) is 0 Å². The Morgan fingerprint density at radius 3 is 2.90 bits per heavy atom. The molecule has 0 bridgehead atoms. The summed E-state index contributed by atoms with van der Waals surface area (Å²) in [6.45, 7) is 2.13. The van der Waals surface area contributed by atoms with E-state index in [-0.39, 0.29) is 29.4 Å². The molecule has 1 saturated heterocycles. The third-order valence-corrected chi connectivity index (χ3v) is 4.67. The summed E-state index contributed by atoms with van der Waals surface area (Å²) in [5, 5.41) is 6.86. The van der Waals surface area contributed by atoms with E-state index in [1.54, 1.807) is 0 Å². The Balaban J connectivity index is 0.00000220. The molecule has 1 fully saturated rings. The summed E-state index contributed by atoms with van der Waals surface area (Å²) >= 11 is 0. The highest BCUT2D eigenvalue weighted by molar-refractivity contribution is 7.89. The second-order valence-electron chi connectivity index (χ2n) is 4.99. The molecule has 0 aromatic carbocycles. The summed E-state index contributed by atoms with van der Waals surface area (Å²) in [6, 6.07) is 0.104. The fourth-order valence-electron chi connectivity index (χ4n) is 2.25. The van der Waals surface area contributed by atoms with Crippen LogP contribution in [0.3, 0.4) is 0 Å². The average molecular weight is 345 g/mol. The van der Waals surface area contributed by atoms with Crippen molar-refractivity contribution >= 4 is 22.4 Å². The molecule has 21 heavy (non-hydrogen) atoms. The molecule has 1 aromatic rings. The number of hydrogen-bond acceptors (Lipinski definition) is 4. The third-order valence-electron chi connectivity index (χ3n) is 3.19. The highest BCUT2D eigenvalue weighted by Crippen LogP contribution is 2.14. The van der Waals surface area contributed by atoms with Gasteiger partial charge in [0.05, 0.1) is 6.20 Å². The number of nitrogens with one attached hydrogen (secondary N) is 2. The van der Waals surface area contributed by atoms with Crippen LogP contribution in [0.1, 0.15) is 19.8 Å². The van der Waals surface area contributed by atoms with E-state index >= 15 is 0 Å². The van der Waals surface area contributed by atoms with Gasteiger partial charge >= 0.3 is 0 Å². The zero-order valence-electron chi connectivity index (χ0n) is 11.5. The summed E-state index contributed by atoms with van der Waals surface area (Å²) in [5.74, 6) is 0. The molecule has 2 atom stereocenters. The number of nitrogens with zero attached hydrogens (tertiary/aromatic N) is 2. The van der Waals surface area contributed by atoms with Crippen LogP contribution >= 0.6 is 12.4 Å². The normalized spacial score (nSPS) is 23.0. The number of hydrogen-bond donors (Lipinski definition) is 2. The van der Waals surface area contributed by atoms with Gasteiger partial charge in [-0.2, -0.15) is 5.10 Å². The Hall–Kier alpha value is -0.770. The van der Waals surface area contributed by atoms with Crippen LogP contribution in [0.25, 0.3) is 0 Å². The molecule has 2 rings (SSSR count). The maximum Gasteiger partial charge on any atom is 0.257 e. The van der Waals surface area contributed by atoms with Crippen molar-refractivity contribution in [2.24, 2.45) is 0 Å². The van der Waals surface area contributed by atoms with Gasteiger partial charge in [0.1, 0.15) is 11.4 Å². The molecule has 2 unspecified atom stereocenters. The van der Waals surface area contributed by atoms with Crippen LogP contribution in [-0.2, 0) is 16.6 Å². The van der Waals surface area contributed by atoms with Crippen LogP contribution in [0.15, 0.2) is 17.3 Å². The maximum atomic E-state index is 12.2. The summed E-state index contributed by atoms with van der Waals surface area (Å²) in [4.78, 5) is -0.0793. The fraction of sp³-hybridized carbons (Fsp3) is 0.727. The van der Waals surface area contributed by atoms with Gasteiger partial charge in [0.25, 0.3) is 6.43 Å². The zero-order valence-corrected chi connectivity index (χ0v) is 13.1. The van der Waals surface area contributed by atoms with Crippen LogP contribution < -0.4 is 10.0 Å². The minimum Gasteiger partial charge on any atom is -0.314 e. The second kappa shape index (κ2) is 7.48. The zero-order chi connectivity index (χ0) is 14.8. The monoisotopic (exact) mass is 344 g/mol. The van der Waals surface area contributed by atoms with Crippen LogP contribution in [-0.4, -0.2) is 43.3 Å². The van der Waals surface area contributed by atoms with Crippen molar-refractivity contribution in [1.29, 1.82) is 0 Å². The van der Waals surface area contributed by atoms with Crippen molar-refractivity contribution in [2.45, 2.75) is 49.7 Å². The number of sulfonamides is 1. The van der Waals surface area contributed by atoms with E-state index in [4.69, 9.17) is 0 Å². The number of alkyl halides is 2. The van der Waals surface area contributed by atoms with Crippen LogP contribution in [0.5, 0.6) is 0 Å². The van der Waals surface area contributed by atoms with Crippen molar-refractivity contribution < 1.29 is 17.2 Å². The maximum absolute atomic E-state index is 12.2. The molecule has 0 amide bonds. The second-order valence-corrected chi connectivity index (χ2v) is 6.70. The number of rotatable bonds is 5. The molecule has 0 aliphatic carbocycles. The Bertz CT molecular complexity index is 552. The number of aromatic nitrogens is 2. The SMILES string of the molecule is CC1CC(NS(=O)(=O)c2cnn(CC(F)F)c2)CCN1.Cl. The molecule has 1 aliphatic heterocycles. The summed E-state index contributed by atoms with van der Waals surface area (Å²) in [6.07, 6.45) is 1.05. The number of piperidine rings is 1. The Kier molecular flexibility index (Phi) is 6.51. The molecule has 2 heterocycles. The van der Waals surface area contributed by atoms with Crippen LogP contribution in [0.2, 0.25) is 0 Å². The van der Waals surface area contributed by atoms with E-state index in [2.05, 4.69) is 15.1 Å². The first kappa shape index (κ1) is 18.3. The largest absolute Gasteiger partial charge is 0.314 e. The molecule has 0 radical (unpaired) electrons. The van der Waals surface area contributed by atoms with E-state index in [1.165, 1.54) is 0 Å². The van der Waals surface area contributed by atoms with Crippen molar-refractivity contribution in [1.82, 2.24) is 19.8 Å². The van der Waals surface area contributed by atoms with Crippen LogP contribution in [0, 0.1) is 0 Å². The molecular weight excluding hydrogens is 326 g/mol. The van der Waals surface area contributed by atoms with Gasteiger partial charge in [-0.3, -0.25) is 4.68 Å². The van der Waals surface area contributed by atoms with E-state index in [9.17, 15) is 17.2 Å². The smallest absolute Gasteiger partial charge is 0.257 e. The highest BCUT2D eigenvalue weighted by Gasteiger charge is 2.25. The van der Waals surface area contributed by atoms with Gasteiger partial charge < -0.3 is 5.32 Å². The minimum absolute atomic E-state index is 0. The minimum atomic E-state index is -3.70. The molecule has 6 nitrogen and oxygen atoms in total. The van der Waals surface area contributed by atoms with Gasteiger partial charge in [-0.1, -0.05) is 0 Å². The first-order valence-electron chi connectivity index (χ1n) is 6.43. The number of halogens is 3. The Morgan fingerprint density at radius 2 is 2.29 bits per heavy atom. The topological polar surface area (TPSA) is 76.0 Å². The van der Waals surface area contributed by atoms with Gasteiger partial charge in [-0.05, 0) is 26.3 Å². The van der Waals surface area contributed by atoms with E-state index in [1.807, 2.05) is 6.92 Å². The van der Waals surface area contributed by atoms with Gasteiger partial charge in [0.2, 0.25) is 10.0 Å². The average Bonchev–Trinajstić information content (AvgIpc) is 2.76.